The molecule has 0 aromatic rings. The van der Waals surface area contributed by atoms with Crippen LogP contribution in [0.4, 0.5) is 4.79 Å². The average Bonchev–Trinajstić information content (AvgIpc) is 2.24. The number of urea groups is 1. The van der Waals surface area contributed by atoms with Crippen molar-refractivity contribution >= 4 is 6.03 Å². The molecule has 16 heavy (non-hydrogen) atoms. The second-order valence-electron chi connectivity index (χ2n) is 6.24. The zero-order chi connectivity index (χ0) is 11.2. The molecule has 4 N–H and O–H groups in total. The monoisotopic (exact) mass is 223 g/mol. The van der Waals surface area contributed by atoms with Crippen LogP contribution >= 0.6 is 0 Å². The van der Waals surface area contributed by atoms with Gasteiger partial charge in [-0.05, 0) is 61.7 Å². The lowest BCUT2D eigenvalue weighted by Crippen LogP contribution is -2.52. The van der Waals surface area contributed by atoms with E-state index in [9.17, 15) is 4.79 Å². The van der Waals surface area contributed by atoms with Gasteiger partial charge in [0.1, 0.15) is 0 Å². The second-order valence-corrected chi connectivity index (χ2v) is 6.24. The lowest BCUT2D eigenvalue weighted by Gasteiger charge is -2.56. The Kier molecular flexibility index (Phi) is 2.35. The van der Waals surface area contributed by atoms with Crippen LogP contribution in [0.5, 0.6) is 0 Å². The van der Waals surface area contributed by atoms with Crippen LogP contribution < -0.4 is 16.6 Å². The number of hydrogen-bond acceptors (Lipinski definition) is 2. The Morgan fingerprint density at radius 2 is 1.62 bits per heavy atom. The average molecular weight is 223 g/mol. The summed E-state index contributed by atoms with van der Waals surface area (Å²) in [4.78, 5) is 11.2. The van der Waals surface area contributed by atoms with Crippen LogP contribution in [0, 0.1) is 23.2 Å². The molecular formula is C12H21N3O. The van der Waals surface area contributed by atoms with E-state index in [1.165, 1.54) is 38.5 Å². The lowest BCUT2D eigenvalue weighted by molar-refractivity contribution is -0.0498. The first-order valence-corrected chi connectivity index (χ1v) is 6.43. The van der Waals surface area contributed by atoms with Gasteiger partial charge in [-0.3, -0.25) is 5.43 Å². The highest BCUT2D eigenvalue weighted by Gasteiger charge is 2.50. The SMILES string of the molecule is NNC(=O)NCC12CC3CC(CC(C3)C1)C2. The maximum absolute atomic E-state index is 11.2. The zero-order valence-electron chi connectivity index (χ0n) is 9.67. The van der Waals surface area contributed by atoms with E-state index in [1.807, 2.05) is 0 Å². The van der Waals surface area contributed by atoms with Crippen molar-refractivity contribution in [2.24, 2.45) is 29.0 Å². The van der Waals surface area contributed by atoms with E-state index >= 15 is 0 Å². The molecule has 0 spiro atoms. The van der Waals surface area contributed by atoms with Crippen molar-refractivity contribution < 1.29 is 4.79 Å². The van der Waals surface area contributed by atoms with Gasteiger partial charge in [-0.15, -0.1) is 0 Å². The third kappa shape index (κ3) is 1.69. The number of hydrazine groups is 1. The molecule has 4 heteroatoms. The normalized spacial score (nSPS) is 44.4. The summed E-state index contributed by atoms with van der Waals surface area (Å²) in [7, 11) is 0. The number of hydrogen-bond donors (Lipinski definition) is 3. The van der Waals surface area contributed by atoms with Gasteiger partial charge in [-0.1, -0.05) is 0 Å². The predicted molar refractivity (Wildman–Crippen MR) is 61.3 cm³/mol. The van der Waals surface area contributed by atoms with E-state index in [2.05, 4.69) is 10.7 Å². The van der Waals surface area contributed by atoms with E-state index < -0.39 is 0 Å². The highest BCUT2D eigenvalue weighted by atomic mass is 16.2. The molecule has 0 aromatic heterocycles. The number of amides is 2. The van der Waals surface area contributed by atoms with E-state index in [1.54, 1.807) is 0 Å². The van der Waals surface area contributed by atoms with Gasteiger partial charge in [0.25, 0.3) is 0 Å². The lowest BCUT2D eigenvalue weighted by atomic mass is 9.49. The third-order valence-electron chi connectivity index (χ3n) is 4.92. The van der Waals surface area contributed by atoms with E-state index in [0.29, 0.717) is 5.41 Å². The number of carbonyl (C=O) groups is 1. The van der Waals surface area contributed by atoms with Crippen molar-refractivity contribution in [2.75, 3.05) is 6.54 Å². The fraction of sp³-hybridized carbons (Fsp3) is 0.917. The molecule has 4 rings (SSSR count). The molecular weight excluding hydrogens is 202 g/mol. The van der Waals surface area contributed by atoms with Crippen molar-refractivity contribution in [3.8, 4) is 0 Å². The third-order valence-corrected chi connectivity index (χ3v) is 4.92. The molecule has 90 valence electrons. The van der Waals surface area contributed by atoms with Crippen LogP contribution in [0.1, 0.15) is 38.5 Å². The zero-order valence-corrected chi connectivity index (χ0v) is 9.67. The summed E-state index contributed by atoms with van der Waals surface area (Å²) < 4.78 is 0. The maximum atomic E-state index is 11.2. The Morgan fingerprint density at radius 3 is 2.06 bits per heavy atom. The highest BCUT2D eigenvalue weighted by Crippen LogP contribution is 2.59. The molecule has 0 unspecified atom stereocenters. The standard InChI is InChI=1S/C12H21N3O/c13-15-11(16)14-7-12-4-8-1-9(5-12)3-10(2-8)6-12/h8-10H,1-7,13H2,(H2,14,15,16). The molecule has 4 nitrogen and oxygen atoms in total. The minimum absolute atomic E-state index is 0.240. The van der Waals surface area contributed by atoms with E-state index in [0.717, 1.165) is 24.3 Å². The summed E-state index contributed by atoms with van der Waals surface area (Å²) in [6.07, 6.45) is 8.31. The van der Waals surface area contributed by atoms with Crippen LogP contribution in [0.25, 0.3) is 0 Å². The van der Waals surface area contributed by atoms with Gasteiger partial charge in [0, 0.05) is 6.54 Å². The van der Waals surface area contributed by atoms with Crippen LogP contribution in [0.15, 0.2) is 0 Å². The number of rotatable bonds is 2. The first-order valence-electron chi connectivity index (χ1n) is 6.43. The summed E-state index contributed by atoms with van der Waals surface area (Å²) in [5.74, 6) is 7.90. The van der Waals surface area contributed by atoms with Crippen molar-refractivity contribution in [2.45, 2.75) is 38.5 Å². The molecule has 4 fully saturated rings. The Bertz CT molecular complexity index is 267. The summed E-state index contributed by atoms with van der Waals surface area (Å²) in [6.45, 7) is 0.819. The van der Waals surface area contributed by atoms with Crippen LogP contribution in [0.2, 0.25) is 0 Å². The summed E-state index contributed by atoms with van der Waals surface area (Å²) >= 11 is 0. The largest absolute Gasteiger partial charge is 0.337 e. The van der Waals surface area contributed by atoms with Crippen molar-refractivity contribution in [1.29, 1.82) is 0 Å². The van der Waals surface area contributed by atoms with Gasteiger partial charge < -0.3 is 5.32 Å². The molecule has 0 radical (unpaired) electrons. The second kappa shape index (κ2) is 3.62. The topological polar surface area (TPSA) is 67.1 Å². The van der Waals surface area contributed by atoms with Gasteiger partial charge in [0.15, 0.2) is 0 Å². The molecule has 4 saturated carbocycles. The molecule has 0 aliphatic heterocycles. The Morgan fingerprint density at radius 1 is 1.12 bits per heavy atom. The van der Waals surface area contributed by atoms with Crippen molar-refractivity contribution in [3.05, 3.63) is 0 Å². The summed E-state index contributed by atoms with van der Waals surface area (Å²) in [6, 6.07) is -0.240. The van der Waals surface area contributed by atoms with E-state index in [-0.39, 0.29) is 6.03 Å². The van der Waals surface area contributed by atoms with Gasteiger partial charge in [-0.2, -0.15) is 0 Å². The Balaban J connectivity index is 1.67. The quantitative estimate of drug-likeness (QED) is 0.376. The molecule has 4 aliphatic carbocycles. The Labute approximate surface area is 96.3 Å². The molecule has 0 saturated heterocycles. The summed E-state index contributed by atoms with van der Waals surface area (Å²) in [5.41, 5.74) is 2.55. The fourth-order valence-electron chi connectivity index (χ4n) is 4.83. The molecule has 0 aromatic carbocycles. The first kappa shape index (κ1) is 10.4. The molecule has 0 atom stereocenters. The minimum Gasteiger partial charge on any atom is -0.337 e. The van der Waals surface area contributed by atoms with Crippen molar-refractivity contribution in [1.82, 2.24) is 10.7 Å². The fourth-order valence-corrected chi connectivity index (χ4v) is 4.83. The number of nitrogens with one attached hydrogen (secondary N) is 2. The first-order chi connectivity index (χ1) is 7.69. The van der Waals surface area contributed by atoms with Gasteiger partial charge in [-0.25, -0.2) is 10.6 Å². The smallest absolute Gasteiger partial charge is 0.328 e. The van der Waals surface area contributed by atoms with E-state index in [4.69, 9.17) is 5.84 Å². The minimum atomic E-state index is -0.240. The maximum Gasteiger partial charge on any atom is 0.328 e. The highest BCUT2D eigenvalue weighted by molar-refractivity contribution is 5.73. The van der Waals surface area contributed by atoms with Crippen LogP contribution in [-0.2, 0) is 0 Å². The molecule has 2 amide bonds. The molecule has 4 aliphatic rings. The van der Waals surface area contributed by atoms with Crippen LogP contribution in [0.3, 0.4) is 0 Å². The Hall–Kier alpha value is -0.770. The molecule has 0 heterocycles. The predicted octanol–water partition coefficient (Wildman–Crippen LogP) is 1.38. The van der Waals surface area contributed by atoms with Gasteiger partial charge in [0.05, 0.1) is 0 Å². The number of carbonyl (C=O) groups excluding carboxylic acids is 1. The van der Waals surface area contributed by atoms with Crippen LogP contribution in [-0.4, -0.2) is 12.6 Å². The molecule has 4 bridgehead atoms. The van der Waals surface area contributed by atoms with Crippen molar-refractivity contribution in [3.63, 3.8) is 0 Å². The number of nitrogens with two attached hydrogens (primary N) is 1. The van der Waals surface area contributed by atoms with Gasteiger partial charge >= 0.3 is 6.03 Å². The summed E-state index contributed by atoms with van der Waals surface area (Å²) in [5, 5.41) is 2.91. The van der Waals surface area contributed by atoms with Gasteiger partial charge in [0.2, 0.25) is 0 Å².